The zero-order chi connectivity index (χ0) is 20.2. The maximum atomic E-state index is 13.2. The van der Waals surface area contributed by atoms with E-state index in [-0.39, 0.29) is 5.78 Å². The SMILES string of the molecule is CC1(C)CC(=O)c2c(-c3ccncc3)nn(-c3nc4ccccc4s3)c2C1C#N. The number of nitriles is 1. The number of Topliss-reactive ketones (excluding diaryl/α,β-unsaturated/α-hetero) is 1. The summed E-state index contributed by atoms with van der Waals surface area (Å²) in [6, 6.07) is 14.0. The summed E-state index contributed by atoms with van der Waals surface area (Å²) in [6.07, 6.45) is 3.66. The third-order valence-corrected chi connectivity index (χ3v) is 6.43. The minimum atomic E-state index is -0.483. The van der Waals surface area contributed by atoms with Crippen LogP contribution < -0.4 is 0 Å². The average molecular weight is 399 g/mol. The lowest BCUT2D eigenvalue weighted by Gasteiger charge is -2.33. The fraction of sp³-hybridized carbons (Fsp3) is 0.227. The van der Waals surface area contributed by atoms with Crippen molar-refractivity contribution in [3.05, 3.63) is 60.0 Å². The molecule has 1 aliphatic carbocycles. The van der Waals surface area contributed by atoms with E-state index in [4.69, 9.17) is 10.1 Å². The van der Waals surface area contributed by atoms with Gasteiger partial charge in [0.05, 0.1) is 33.5 Å². The number of pyridine rings is 1. The number of thiazole rings is 1. The van der Waals surface area contributed by atoms with Crippen molar-refractivity contribution in [1.82, 2.24) is 19.7 Å². The van der Waals surface area contributed by atoms with E-state index in [9.17, 15) is 10.1 Å². The van der Waals surface area contributed by atoms with E-state index in [0.717, 1.165) is 15.8 Å². The Morgan fingerprint density at radius 2 is 1.97 bits per heavy atom. The summed E-state index contributed by atoms with van der Waals surface area (Å²) < 4.78 is 2.75. The summed E-state index contributed by atoms with van der Waals surface area (Å²) in [5.74, 6) is -0.457. The topological polar surface area (TPSA) is 84.5 Å². The van der Waals surface area contributed by atoms with Gasteiger partial charge in [0, 0.05) is 24.4 Å². The van der Waals surface area contributed by atoms with Crippen LogP contribution in [0.3, 0.4) is 0 Å². The first-order valence-corrected chi connectivity index (χ1v) is 10.1. The first kappa shape index (κ1) is 17.7. The lowest BCUT2D eigenvalue weighted by Crippen LogP contribution is -2.32. The second-order valence-electron chi connectivity index (χ2n) is 7.87. The highest BCUT2D eigenvalue weighted by atomic mass is 32.1. The second-order valence-corrected chi connectivity index (χ2v) is 8.88. The van der Waals surface area contributed by atoms with Gasteiger partial charge in [0.2, 0.25) is 5.13 Å². The second kappa shape index (κ2) is 6.33. The van der Waals surface area contributed by atoms with Gasteiger partial charge in [-0.25, -0.2) is 9.67 Å². The number of fused-ring (bicyclic) bond motifs is 2. The highest BCUT2D eigenvalue weighted by molar-refractivity contribution is 7.20. The van der Waals surface area contributed by atoms with E-state index in [2.05, 4.69) is 11.1 Å². The quantitative estimate of drug-likeness (QED) is 0.485. The number of nitrogens with zero attached hydrogens (tertiary/aromatic N) is 5. The molecule has 1 atom stereocenters. The Kier molecular flexibility index (Phi) is 3.86. The molecule has 0 radical (unpaired) electrons. The van der Waals surface area contributed by atoms with E-state index in [0.29, 0.717) is 28.5 Å². The van der Waals surface area contributed by atoms with Crippen molar-refractivity contribution in [3.63, 3.8) is 0 Å². The third kappa shape index (κ3) is 2.68. The maximum Gasteiger partial charge on any atom is 0.211 e. The van der Waals surface area contributed by atoms with Crippen molar-refractivity contribution in [2.75, 3.05) is 0 Å². The normalized spacial score (nSPS) is 17.8. The molecule has 1 aromatic carbocycles. The van der Waals surface area contributed by atoms with Gasteiger partial charge in [0.15, 0.2) is 5.78 Å². The van der Waals surface area contributed by atoms with Crippen molar-refractivity contribution in [3.8, 4) is 22.5 Å². The van der Waals surface area contributed by atoms with Gasteiger partial charge in [-0.1, -0.05) is 37.3 Å². The lowest BCUT2D eigenvalue weighted by molar-refractivity contribution is 0.0900. The summed E-state index contributed by atoms with van der Waals surface area (Å²) in [5, 5.41) is 15.5. The summed E-state index contributed by atoms with van der Waals surface area (Å²) in [5.41, 5.74) is 2.95. The van der Waals surface area contributed by atoms with E-state index < -0.39 is 11.3 Å². The number of ketones is 1. The fourth-order valence-electron chi connectivity index (χ4n) is 3.99. The number of para-hydroxylation sites is 1. The minimum absolute atomic E-state index is 0.00988. The van der Waals surface area contributed by atoms with Gasteiger partial charge < -0.3 is 0 Å². The van der Waals surface area contributed by atoms with Crippen LogP contribution in [0.15, 0.2) is 48.8 Å². The number of hydrogen-bond donors (Lipinski definition) is 0. The number of aromatic nitrogens is 4. The Labute approximate surface area is 171 Å². The Balaban J connectivity index is 1.84. The Hall–Kier alpha value is -3.37. The van der Waals surface area contributed by atoms with Crippen molar-refractivity contribution >= 4 is 27.3 Å². The molecule has 4 aromatic rings. The van der Waals surface area contributed by atoms with Crippen LogP contribution >= 0.6 is 11.3 Å². The summed E-state index contributed by atoms with van der Waals surface area (Å²) >= 11 is 1.50. The van der Waals surface area contributed by atoms with Gasteiger partial charge >= 0.3 is 0 Å². The molecule has 0 N–H and O–H groups in total. The number of hydrogen-bond acceptors (Lipinski definition) is 6. The van der Waals surface area contributed by atoms with Gasteiger partial charge in [0.1, 0.15) is 5.69 Å². The number of carbonyl (C=O) groups is 1. The summed E-state index contributed by atoms with van der Waals surface area (Å²) in [7, 11) is 0. The predicted molar refractivity (Wildman–Crippen MR) is 111 cm³/mol. The molecule has 0 spiro atoms. The highest BCUT2D eigenvalue weighted by Gasteiger charge is 2.45. The molecule has 3 aromatic heterocycles. The number of carbonyl (C=O) groups excluding carboxylic acids is 1. The molecule has 3 heterocycles. The van der Waals surface area contributed by atoms with Crippen LogP contribution in [0.5, 0.6) is 0 Å². The molecule has 0 amide bonds. The van der Waals surface area contributed by atoms with Crippen LogP contribution in [0.1, 0.15) is 42.2 Å². The van der Waals surface area contributed by atoms with E-state index in [1.165, 1.54) is 11.3 Å². The zero-order valence-corrected chi connectivity index (χ0v) is 16.8. The Bertz CT molecular complexity index is 1260. The third-order valence-electron chi connectivity index (χ3n) is 5.42. The van der Waals surface area contributed by atoms with Gasteiger partial charge in [-0.3, -0.25) is 9.78 Å². The molecule has 29 heavy (non-hydrogen) atoms. The smallest absolute Gasteiger partial charge is 0.211 e. The minimum Gasteiger partial charge on any atom is -0.294 e. The molecule has 5 rings (SSSR count). The molecule has 142 valence electrons. The van der Waals surface area contributed by atoms with Crippen molar-refractivity contribution in [2.45, 2.75) is 26.2 Å². The molecular weight excluding hydrogens is 382 g/mol. The van der Waals surface area contributed by atoms with Crippen molar-refractivity contribution < 1.29 is 4.79 Å². The largest absolute Gasteiger partial charge is 0.294 e. The Morgan fingerprint density at radius 1 is 1.21 bits per heavy atom. The average Bonchev–Trinajstić information content (AvgIpc) is 3.30. The molecule has 0 saturated heterocycles. The molecule has 1 unspecified atom stereocenters. The molecule has 1 aliphatic rings. The van der Waals surface area contributed by atoms with Gasteiger partial charge in [0.25, 0.3) is 0 Å². The number of benzene rings is 1. The Morgan fingerprint density at radius 3 is 2.69 bits per heavy atom. The molecule has 0 fully saturated rings. The van der Waals surface area contributed by atoms with Crippen LogP contribution in [0.25, 0.3) is 26.6 Å². The predicted octanol–water partition coefficient (Wildman–Crippen LogP) is 4.76. The lowest BCUT2D eigenvalue weighted by atomic mass is 9.68. The summed E-state index contributed by atoms with van der Waals surface area (Å²) in [6.45, 7) is 3.92. The summed E-state index contributed by atoms with van der Waals surface area (Å²) in [4.78, 5) is 22.0. The standard InChI is InChI=1S/C22H17N5OS/c1-22(2)11-16(28)18-19(13-7-9-24-10-8-13)26-27(20(18)14(22)12-23)21-25-15-5-3-4-6-17(15)29-21/h3-10,14H,11H2,1-2H3. The van der Waals surface area contributed by atoms with Gasteiger partial charge in [-0.15, -0.1) is 0 Å². The van der Waals surface area contributed by atoms with Crippen LogP contribution in [-0.4, -0.2) is 25.5 Å². The van der Waals surface area contributed by atoms with Gasteiger partial charge in [-0.2, -0.15) is 10.4 Å². The monoisotopic (exact) mass is 399 g/mol. The van der Waals surface area contributed by atoms with Crippen LogP contribution in [0.2, 0.25) is 0 Å². The molecular formula is C22H17N5OS. The van der Waals surface area contributed by atoms with Crippen molar-refractivity contribution in [1.29, 1.82) is 5.26 Å². The first-order valence-electron chi connectivity index (χ1n) is 9.31. The van der Waals surface area contributed by atoms with Crippen molar-refractivity contribution in [2.24, 2.45) is 5.41 Å². The first-order chi connectivity index (χ1) is 14.0. The van der Waals surface area contributed by atoms with E-state index in [1.54, 1.807) is 17.1 Å². The molecule has 6 nitrogen and oxygen atoms in total. The van der Waals surface area contributed by atoms with Crippen LogP contribution in [-0.2, 0) is 0 Å². The molecule has 0 bridgehead atoms. The van der Waals surface area contributed by atoms with Crippen LogP contribution in [0.4, 0.5) is 0 Å². The fourth-order valence-corrected chi connectivity index (χ4v) is 4.92. The van der Waals surface area contributed by atoms with E-state index in [1.807, 2.05) is 50.2 Å². The van der Waals surface area contributed by atoms with Gasteiger partial charge in [-0.05, 0) is 29.7 Å². The molecule has 7 heteroatoms. The van der Waals surface area contributed by atoms with Crippen LogP contribution in [0, 0.1) is 16.7 Å². The number of rotatable bonds is 2. The molecule has 0 aliphatic heterocycles. The van der Waals surface area contributed by atoms with E-state index >= 15 is 0 Å². The zero-order valence-electron chi connectivity index (χ0n) is 16.0. The maximum absolute atomic E-state index is 13.2. The molecule has 0 saturated carbocycles. The highest BCUT2D eigenvalue weighted by Crippen LogP contribution is 2.48.